The zero-order valence-electron chi connectivity index (χ0n) is 12.3. The number of ether oxygens (including phenoxy) is 1. The topological polar surface area (TPSA) is 49.7 Å². The lowest BCUT2D eigenvalue weighted by molar-refractivity contribution is -0.0210. The van der Waals surface area contributed by atoms with Gasteiger partial charge in [0.25, 0.3) is 0 Å². The van der Waals surface area contributed by atoms with Crippen LogP contribution in [0.2, 0.25) is 0 Å². The van der Waals surface area contributed by atoms with Crippen molar-refractivity contribution in [1.29, 1.82) is 0 Å². The molecule has 0 aliphatic rings. The highest BCUT2D eigenvalue weighted by molar-refractivity contribution is 5.30. The van der Waals surface area contributed by atoms with Gasteiger partial charge in [-0.15, -0.1) is 0 Å². The Morgan fingerprint density at radius 1 is 1.11 bits per heavy atom. The summed E-state index contributed by atoms with van der Waals surface area (Å²) in [4.78, 5) is 0. The Kier molecular flexibility index (Phi) is 6.32. The van der Waals surface area contributed by atoms with E-state index in [0.29, 0.717) is 5.56 Å². The summed E-state index contributed by atoms with van der Waals surface area (Å²) in [5.74, 6) is 0.841. The van der Waals surface area contributed by atoms with Crippen LogP contribution in [0, 0.1) is 5.92 Å². The first-order valence-corrected chi connectivity index (χ1v) is 7.12. The van der Waals surface area contributed by atoms with Crippen molar-refractivity contribution in [3.05, 3.63) is 29.8 Å². The van der Waals surface area contributed by atoms with E-state index < -0.39 is 12.2 Å². The van der Waals surface area contributed by atoms with Crippen LogP contribution in [0.3, 0.4) is 0 Å². The Labute approximate surface area is 116 Å². The maximum absolute atomic E-state index is 10.3. The van der Waals surface area contributed by atoms with Gasteiger partial charge >= 0.3 is 0 Å². The van der Waals surface area contributed by atoms with E-state index in [-0.39, 0.29) is 12.0 Å². The fraction of sp³-hybridized carbons (Fsp3) is 0.625. The number of rotatable bonds is 7. The molecule has 0 saturated heterocycles. The Hall–Kier alpha value is -1.06. The van der Waals surface area contributed by atoms with E-state index in [2.05, 4.69) is 0 Å². The van der Waals surface area contributed by atoms with Crippen LogP contribution in [0.15, 0.2) is 24.3 Å². The van der Waals surface area contributed by atoms with Gasteiger partial charge in [-0.3, -0.25) is 0 Å². The monoisotopic (exact) mass is 266 g/mol. The third-order valence-corrected chi connectivity index (χ3v) is 3.43. The van der Waals surface area contributed by atoms with Crippen molar-refractivity contribution in [3.8, 4) is 5.75 Å². The number of hydrogen-bond acceptors (Lipinski definition) is 3. The lowest BCUT2D eigenvalue weighted by Gasteiger charge is -2.25. The lowest BCUT2D eigenvalue weighted by atomic mass is 9.90. The van der Waals surface area contributed by atoms with Gasteiger partial charge in [-0.05, 0) is 37.5 Å². The molecule has 2 atom stereocenters. The van der Waals surface area contributed by atoms with E-state index in [1.54, 1.807) is 6.07 Å². The second-order valence-electron chi connectivity index (χ2n) is 5.25. The molecule has 1 aromatic carbocycles. The van der Waals surface area contributed by atoms with Crippen molar-refractivity contribution in [2.24, 2.45) is 5.92 Å². The normalized spacial score (nSPS) is 14.7. The first kappa shape index (κ1) is 16.0. The minimum atomic E-state index is -0.861. The van der Waals surface area contributed by atoms with Crippen molar-refractivity contribution < 1.29 is 14.9 Å². The summed E-state index contributed by atoms with van der Waals surface area (Å²) in [6, 6.07) is 7.33. The first-order chi connectivity index (χ1) is 8.99. The van der Waals surface area contributed by atoms with Gasteiger partial charge in [0.1, 0.15) is 11.9 Å². The molecule has 0 saturated carbocycles. The molecule has 0 aromatic heterocycles. The van der Waals surface area contributed by atoms with Gasteiger partial charge in [0.2, 0.25) is 0 Å². The highest BCUT2D eigenvalue weighted by Gasteiger charge is 2.25. The highest BCUT2D eigenvalue weighted by atomic mass is 16.5. The molecule has 3 heteroatoms. The molecule has 3 nitrogen and oxygen atoms in total. The maximum atomic E-state index is 10.3. The summed E-state index contributed by atoms with van der Waals surface area (Å²) in [6.45, 7) is 7.98. The molecule has 0 aliphatic heterocycles. The summed E-state index contributed by atoms with van der Waals surface area (Å²) in [5.41, 5.74) is 0.706. The maximum Gasteiger partial charge on any atom is 0.120 e. The average Bonchev–Trinajstić information content (AvgIpc) is 2.38. The molecule has 0 bridgehead atoms. The minimum absolute atomic E-state index is 0.0938. The van der Waals surface area contributed by atoms with Gasteiger partial charge < -0.3 is 14.9 Å². The molecule has 0 aliphatic carbocycles. The Morgan fingerprint density at radius 3 is 2.26 bits per heavy atom. The standard InChI is InChI=1S/C16H26O3/c1-5-12(6-2)15(17)16(18)13-8-7-9-14(10-13)19-11(3)4/h7-12,15-18H,5-6H2,1-4H3. The third kappa shape index (κ3) is 4.51. The predicted octanol–water partition coefficient (Wildman–Crippen LogP) is 3.30. The van der Waals surface area contributed by atoms with Crippen LogP contribution in [-0.2, 0) is 0 Å². The zero-order valence-corrected chi connectivity index (χ0v) is 12.3. The van der Waals surface area contributed by atoms with Crippen molar-refractivity contribution in [3.63, 3.8) is 0 Å². The number of aliphatic hydroxyl groups excluding tert-OH is 2. The molecule has 1 rings (SSSR count). The number of hydrogen-bond donors (Lipinski definition) is 2. The Bertz CT molecular complexity index is 372. The molecule has 0 fully saturated rings. The lowest BCUT2D eigenvalue weighted by Crippen LogP contribution is -2.27. The quantitative estimate of drug-likeness (QED) is 0.796. The molecule has 108 valence electrons. The Morgan fingerprint density at radius 2 is 1.74 bits per heavy atom. The SMILES string of the molecule is CCC(CC)C(O)C(O)c1cccc(OC(C)C)c1. The van der Waals surface area contributed by atoms with E-state index in [1.165, 1.54) is 0 Å². The van der Waals surface area contributed by atoms with Crippen molar-refractivity contribution in [2.45, 2.75) is 58.8 Å². The summed E-state index contributed by atoms with van der Waals surface area (Å²) in [7, 11) is 0. The molecule has 2 unspecified atom stereocenters. The van der Waals surface area contributed by atoms with Gasteiger partial charge in [0.05, 0.1) is 12.2 Å². The molecule has 0 heterocycles. The zero-order chi connectivity index (χ0) is 14.4. The number of aliphatic hydroxyl groups is 2. The van der Waals surface area contributed by atoms with E-state index in [4.69, 9.17) is 4.74 Å². The smallest absolute Gasteiger partial charge is 0.120 e. The first-order valence-electron chi connectivity index (χ1n) is 7.12. The largest absolute Gasteiger partial charge is 0.491 e. The van der Waals surface area contributed by atoms with Gasteiger partial charge in [0.15, 0.2) is 0 Å². The summed E-state index contributed by atoms with van der Waals surface area (Å²) in [5, 5.41) is 20.5. The molecule has 2 N–H and O–H groups in total. The summed E-state index contributed by atoms with van der Waals surface area (Å²) in [6.07, 6.45) is 0.217. The highest BCUT2D eigenvalue weighted by Crippen LogP contribution is 2.28. The molecule has 1 aromatic rings. The van der Waals surface area contributed by atoms with Crippen LogP contribution in [-0.4, -0.2) is 22.4 Å². The minimum Gasteiger partial charge on any atom is -0.491 e. The van der Waals surface area contributed by atoms with E-state index in [0.717, 1.165) is 18.6 Å². The summed E-state index contributed by atoms with van der Waals surface area (Å²) >= 11 is 0. The third-order valence-electron chi connectivity index (χ3n) is 3.43. The second-order valence-corrected chi connectivity index (χ2v) is 5.25. The van der Waals surface area contributed by atoms with Crippen LogP contribution >= 0.6 is 0 Å². The molecule has 0 amide bonds. The van der Waals surface area contributed by atoms with E-state index in [1.807, 2.05) is 45.9 Å². The van der Waals surface area contributed by atoms with Crippen LogP contribution < -0.4 is 4.74 Å². The van der Waals surface area contributed by atoms with Crippen LogP contribution in [0.4, 0.5) is 0 Å². The van der Waals surface area contributed by atoms with Crippen molar-refractivity contribution in [1.82, 2.24) is 0 Å². The Balaban J connectivity index is 2.83. The molecule has 19 heavy (non-hydrogen) atoms. The summed E-state index contributed by atoms with van der Waals surface area (Å²) < 4.78 is 5.61. The van der Waals surface area contributed by atoms with Crippen LogP contribution in [0.25, 0.3) is 0 Å². The van der Waals surface area contributed by atoms with Crippen LogP contribution in [0.1, 0.15) is 52.2 Å². The molecular formula is C16H26O3. The predicted molar refractivity (Wildman–Crippen MR) is 77.2 cm³/mol. The van der Waals surface area contributed by atoms with Crippen molar-refractivity contribution >= 4 is 0 Å². The second kappa shape index (κ2) is 7.51. The van der Waals surface area contributed by atoms with E-state index >= 15 is 0 Å². The van der Waals surface area contributed by atoms with Gasteiger partial charge in [-0.1, -0.05) is 38.8 Å². The molecule has 0 spiro atoms. The van der Waals surface area contributed by atoms with E-state index in [9.17, 15) is 10.2 Å². The van der Waals surface area contributed by atoms with Gasteiger partial charge in [0, 0.05) is 0 Å². The molecule has 0 radical (unpaired) electrons. The fourth-order valence-electron chi connectivity index (χ4n) is 2.27. The van der Waals surface area contributed by atoms with Gasteiger partial charge in [-0.25, -0.2) is 0 Å². The van der Waals surface area contributed by atoms with Gasteiger partial charge in [-0.2, -0.15) is 0 Å². The number of benzene rings is 1. The molecular weight excluding hydrogens is 240 g/mol. The fourth-order valence-corrected chi connectivity index (χ4v) is 2.27. The van der Waals surface area contributed by atoms with Crippen molar-refractivity contribution in [2.75, 3.05) is 0 Å². The van der Waals surface area contributed by atoms with Crippen LogP contribution in [0.5, 0.6) is 5.75 Å². The average molecular weight is 266 g/mol.